The van der Waals surface area contributed by atoms with Gasteiger partial charge < -0.3 is 0 Å². The van der Waals surface area contributed by atoms with Crippen molar-refractivity contribution in [3.05, 3.63) is 34.1 Å². The van der Waals surface area contributed by atoms with E-state index in [1.807, 2.05) is 0 Å². The van der Waals surface area contributed by atoms with Crippen LogP contribution < -0.4 is 0 Å². The summed E-state index contributed by atoms with van der Waals surface area (Å²) in [6.45, 7) is 0.665. The van der Waals surface area contributed by atoms with Crippen molar-refractivity contribution < 1.29 is 13.2 Å². The van der Waals surface area contributed by atoms with E-state index in [1.54, 1.807) is 0 Å². The van der Waals surface area contributed by atoms with Gasteiger partial charge in [-0.05, 0) is 18.2 Å². The first-order valence-electron chi connectivity index (χ1n) is 3.24. The summed E-state index contributed by atoms with van der Waals surface area (Å²) in [5, 5.41) is 0. The van der Waals surface area contributed by atoms with Crippen molar-refractivity contribution in [2.24, 2.45) is 0 Å². The molecule has 0 radical (unpaired) electrons. The van der Waals surface area contributed by atoms with Gasteiger partial charge in [0.2, 0.25) is 0 Å². The summed E-state index contributed by atoms with van der Waals surface area (Å²) in [7, 11) is 0. The predicted molar refractivity (Wildman–Crippen MR) is 43.7 cm³/mol. The minimum atomic E-state index is -3.13. The number of hydrogen-bond acceptors (Lipinski definition) is 0. The van der Waals surface area contributed by atoms with Gasteiger partial charge in [-0.25, -0.2) is 13.2 Å². The fourth-order valence-corrected chi connectivity index (χ4v) is 1.19. The summed E-state index contributed by atoms with van der Waals surface area (Å²) >= 11 is 2.99. The lowest BCUT2D eigenvalue weighted by Crippen LogP contribution is -2.09. The zero-order valence-electron chi connectivity index (χ0n) is 6.24. The monoisotopic (exact) mass is 238 g/mol. The molecule has 0 spiro atoms. The molecule has 0 saturated heterocycles. The number of halogens is 4. The molecule has 0 bridgehead atoms. The van der Waals surface area contributed by atoms with E-state index in [0.29, 0.717) is 11.4 Å². The Kier molecular flexibility index (Phi) is 2.46. The molecule has 0 nitrogen and oxygen atoms in total. The second kappa shape index (κ2) is 3.09. The van der Waals surface area contributed by atoms with E-state index in [1.165, 1.54) is 6.07 Å². The molecule has 1 aromatic rings. The Morgan fingerprint density at radius 3 is 2.33 bits per heavy atom. The van der Waals surface area contributed by atoms with Crippen LogP contribution in [0.3, 0.4) is 0 Å². The largest absolute Gasteiger partial charge is 0.273 e. The van der Waals surface area contributed by atoms with Crippen LogP contribution in [0, 0.1) is 5.82 Å². The zero-order valence-corrected chi connectivity index (χ0v) is 7.83. The first kappa shape index (κ1) is 9.58. The van der Waals surface area contributed by atoms with Gasteiger partial charge >= 0.3 is 0 Å². The van der Waals surface area contributed by atoms with Crippen LogP contribution in [0.15, 0.2) is 22.7 Å². The molecule has 0 aliphatic heterocycles. The summed E-state index contributed by atoms with van der Waals surface area (Å²) < 4.78 is 38.5. The highest BCUT2D eigenvalue weighted by molar-refractivity contribution is 9.10. The van der Waals surface area contributed by atoms with Crippen LogP contribution in [0.4, 0.5) is 13.2 Å². The van der Waals surface area contributed by atoms with E-state index in [9.17, 15) is 13.2 Å². The summed E-state index contributed by atoms with van der Waals surface area (Å²) in [5.41, 5.74) is -0.586. The molecular weight excluding hydrogens is 233 g/mol. The Bertz CT molecular complexity index is 291. The van der Waals surface area contributed by atoms with Crippen LogP contribution >= 0.6 is 15.9 Å². The van der Waals surface area contributed by atoms with Gasteiger partial charge in [0.05, 0.1) is 5.56 Å². The van der Waals surface area contributed by atoms with Crippen LogP contribution in [0.1, 0.15) is 12.5 Å². The van der Waals surface area contributed by atoms with Gasteiger partial charge in [-0.3, -0.25) is 0 Å². The van der Waals surface area contributed by atoms with Gasteiger partial charge in [0, 0.05) is 11.4 Å². The molecule has 0 amide bonds. The lowest BCUT2D eigenvalue weighted by molar-refractivity contribution is 0.0137. The van der Waals surface area contributed by atoms with Gasteiger partial charge in [-0.1, -0.05) is 15.9 Å². The third-order valence-electron chi connectivity index (χ3n) is 1.40. The zero-order chi connectivity index (χ0) is 9.35. The van der Waals surface area contributed by atoms with Gasteiger partial charge in [0.25, 0.3) is 5.92 Å². The van der Waals surface area contributed by atoms with Crippen LogP contribution in [-0.2, 0) is 5.92 Å². The number of benzene rings is 1. The topological polar surface area (TPSA) is 0 Å². The second-order valence-electron chi connectivity index (χ2n) is 2.51. The van der Waals surface area contributed by atoms with E-state index in [0.717, 1.165) is 12.1 Å². The summed E-state index contributed by atoms with van der Waals surface area (Å²) in [6.07, 6.45) is 0. The van der Waals surface area contributed by atoms with Crippen molar-refractivity contribution in [3.8, 4) is 0 Å². The quantitative estimate of drug-likeness (QED) is 0.700. The Morgan fingerprint density at radius 2 is 1.92 bits per heavy atom. The summed E-state index contributed by atoms with van der Waals surface area (Å²) in [5.74, 6) is -4.01. The Morgan fingerprint density at radius 1 is 1.33 bits per heavy atom. The fourth-order valence-electron chi connectivity index (χ4n) is 0.834. The van der Waals surface area contributed by atoms with Gasteiger partial charge in [0.1, 0.15) is 5.82 Å². The van der Waals surface area contributed by atoms with Crippen LogP contribution in [0.25, 0.3) is 0 Å². The van der Waals surface area contributed by atoms with Gasteiger partial charge in [-0.15, -0.1) is 0 Å². The molecule has 0 unspecified atom stereocenters. The molecule has 0 aliphatic carbocycles. The molecule has 4 heteroatoms. The van der Waals surface area contributed by atoms with Gasteiger partial charge in [0.15, 0.2) is 0 Å². The Balaban J connectivity index is 3.23. The SMILES string of the molecule is CC(F)(F)c1cc(Br)ccc1F. The molecule has 0 saturated carbocycles. The van der Waals surface area contributed by atoms with Crippen molar-refractivity contribution in [1.82, 2.24) is 0 Å². The lowest BCUT2D eigenvalue weighted by Gasteiger charge is -2.11. The molecule has 66 valence electrons. The van der Waals surface area contributed by atoms with E-state index < -0.39 is 17.3 Å². The van der Waals surface area contributed by atoms with Crippen molar-refractivity contribution in [2.45, 2.75) is 12.8 Å². The molecule has 0 heterocycles. The average Bonchev–Trinajstić information content (AvgIpc) is 1.92. The highest BCUT2D eigenvalue weighted by atomic mass is 79.9. The number of hydrogen-bond donors (Lipinski definition) is 0. The molecule has 0 N–H and O–H groups in total. The maximum atomic E-state index is 12.8. The second-order valence-corrected chi connectivity index (χ2v) is 3.43. The van der Waals surface area contributed by atoms with E-state index in [4.69, 9.17) is 0 Å². The van der Waals surface area contributed by atoms with Crippen molar-refractivity contribution >= 4 is 15.9 Å². The molecule has 0 fully saturated rings. The van der Waals surface area contributed by atoms with Crippen molar-refractivity contribution in [3.63, 3.8) is 0 Å². The summed E-state index contributed by atoms with van der Waals surface area (Å²) in [4.78, 5) is 0. The van der Waals surface area contributed by atoms with E-state index in [-0.39, 0.29) is 0 Å². The van der Waals surface area contributed by atoms with Gasteiger partial charge in [-0.2, -0.15) is 0 Å². The third-order valence-corrected chi connectivity index (χ3v) is 1.89. The smallest absolute Gasteiger partial charge is 0.206 e. The first-order valence-corrected chi connectivity index (χ1v) is 4.04. The van der Waals surface area contributed by atoms with Crippen LogP contribution in [0.2, 0.25) is 0 Å². The molecular formula is C8H6BrF3. The van der Waals surface area contributed by atoms with E-state index >= 15 is 0 Å². The van der Waals surface area contributed by atoms with Crippen molar-refractivity contribution in [2.75, 3.05) is 0 Å². The maximum absolute atomic E-state index is 12.8. The van der Waals surface area contributed by atoms with Crippen LogP contribution in [-0.4, -0.2) is 0 Å². The molecule has 0 atom stereocenters. The minimum Gasteiger partial charge on any atom is -0.206 e. The molecule has 12 heavy (non-hydrogen) atoms. The summed E-state index contributed by atoms with van der Waals surface area (Å²) in [6, 6.07) is 3.47. The average molecular weight is 239 g/mol. The Labute approximate surface area is 76.5 Å². The Hall–Kier alpha value is -0.510. The molecule has 1 rings (SSSR count). The van der Waals surface area contributed by atoms with Crippen LogP contribution in [0.5, 0.6) is 0 Å². The minimum absolute atomic E-state index is 0.445. The number of rotatable bonds is 1. The van der Waals surface area contributed by atoms with Crippen molar-refractivity contribution in [1.29, 1.82) is 0 Å². The van der Waals surface area contributed by atoms with E-state index in [2.05, 4.69) is 15.9 Å². The fraction of sp³-hybridized carbons (Fsp3) is 0.250. The third kappa shape index (κ3) is 2.00. The molecule has 0 aliphatic rings. The molecule has 1 aromatic carbocycles. The highest BCUT2D eigenvalue weighted by Crippen LogP contribution is 2.30. The highest BCUT2D eigenvalue weighted by Gasteiger charge is 2.27. The lowest BCUT2D eigenvalue weighted by atomic mass is 10.1. The standard InChI is InChI=1S/C8H6BrF3/c1-8(11,12)6-4-5(9)2-3-7(6)10/h2-4H,1H3. The maximum Gasteiger partial charge on any atom is 0.273 e. The normalized spacial score (nSPS) is 11.8. The number of alkyl halides is 2. The first-order chi connectivity index (χ1) is 5.41. The predicted octanol–water partition coefficient (Wildman–Crippen LogP) is 3.70. The molecule has 0 aromatic heterocycles.